The van der Waals surface area contributed by atoms with Gasteiger partial charge in [-0.25, -0.2) is 4.79 Å². The summed E-state index contributed by atoms with van der Waals surface area (Å²) >= 11 is 0. The summed E-state index contributed by atoms with van der Waals surface area (Å²) in [6.45, 7) is 3.99. The van der Waals surface area contributed by atoms with Gasteiger partial charge in [0.25, 0.3) is 0 Å². The third-order valence-electron chi connectivity index (χ3n) is 4.01. The van der Waals surface area contributed by atoms with Crippen LogP contribution in [0.15, 0.2) is 24.3 Å². The van der Waals surface area contributed by atoms with Gasteiger partial charge in [0.2, 0.25) is 0 Å². The Morgan fingerprint density at radius 1 is 1.25 bits per heavy atom. The molecule has 2 aliphatic rings. The third kappa shape index (κ3) is 2.85. The van der Waals surface area contributed by atoms with E-state index in [1.165, 1.54) is 0 Å². The molecule has 0 aromatic heterocycles. The van der Waals surface area contributed by atoms with Crippen LogP contribution in [-0.4, -0.2) is 48.1 Å². The number of nitrogens with zero attached hydrogens (tertiary/aromatic N) is 1. The Morgan fingerprint density at radius 2 is 1.95 bits per heavy atom. The molecule has 3 rings (SSSR count). The molecule has 2 fully saturated rings. The molecule has 0 unspecified atom stereocenters. The lowest BCUT2D eigenvalue weighted by Gasteiger charge is -2.37. The third-order valence-corrected chi connectivity index (χ3v) is 4.01. The number of rotatable bonds is 3. The van der Waals surface area contributed by atoms with Crippen LogP contribution >= 0.6 is 0 Å². The van der Waals surface area contributed by atoms with Crippen molar-refractivity contribution in [2.75, 3.05) is 26.3 Å². The fourth-order valence-corrected chi connectivity index (χ4v) is 2.90. The summed E-state index contributed by atoms with van der Waals surface area (Å²) in [5.74, 6) is -1.23. The van der Waals surface area contributed by atoms with Crippen molar-refractivity contribution < 1.29 is 19.4 Å². The van der Waals surface area contributed by atoms with E-state index in [4.69, 9.17) is 14.6 Å². The average Bonchev–Trinajstić information content (AvgIpc) is 2.90. The van der Waals surface area contributed by atoms with Gasteiger partial charge in [0.1, 0.15) is 0 Å². The summed E-state index contributed by atoms with van der Waals surface area (Å²) in [7, 11) is 0. The number of carboxylic acid groups (broad SMARTS) is 1. The number of piperidine rings is 1. The van der Waals surface area contributed by atoms with E-state index in [1.54, 1.807) is 18.2 Å². The van der Waals surface area contributed by atoms with Gasteiger partial charge < -0.3 is 14.6 Å². The number of aromatic carboxylic acids is 1. The first-order valence-corrected chi connectivity index (χ1v) is 6.99. The monoisotopic (exact) mass is 277 g/mol. The Morgan fingerprint density at radius 3 is 2.60 bits per heavy atom. The first kappa shape index (κ1) is 13.5. The predicted molar refractivity (Wildman–Crippen MR) is 72.5 cm³/mol. The lowest BCUT2D eigenvalue weighted by atomic mass is 10.0. The van der Waals surface area contributed by atoms with E-state index >= 15 is 0 Å². The van der Waals surface area contributed by atoms with Crippen LogP contribution in [0.2, 0.25) is 0 Å². The number of hydrogen-bond donors (Lipinski definition) is 1. The van der Waals surface area contributed by atoms with Crippen molar-refractivity contribution in [1.29, 1.82) is 0 Å². The normalized spacial score (nSPS) is 22.2. The summed E-state index contributed by atoms with van der Waals surface area (Å²) in [4.78, 5) is 13.3. The Bertz CT molecular complexity index is 486. The molecule has 0 bridgehead atoms. The van der Waals surface area contributed by atoms with E-state index in [1.807, 2.05) is 6.07 Å². The maximum atomic E-state index is 11.0. The molecule has 1 spiro atoms. The van der Waals surface area contributed by atoms with Gasteiger partial charge in [-0.05, 0) is 17.7 Å². The summed E-state index contributed by atoms with van der Waals surface area (Å²) < 4.78 is 11.4. The zero-order valence-corrected chi connectivity index (χ0v) is 11.4. The maximum absolute atomic E-state index is 11.0. The van der Waals surface area contributed by atoms with Crippen LogP contribution in [0.1, 0.15) is 28.8 Å². The standard InChI is InChI=1S/C15H19NO4/c17-14(18)13-3-1-2-12(10-13)11-16-6-4-15(5-7-16)19-8-9-20-15/h1-3,10H,4-9,11H2,(H,17,18). The van der Waals surface area contributed by atoms with E-state index in [0.29, 0.717) is 18.8 Å². The Kier molecular flexibility index (Phi) is 3.74. The SMILES string of the molecule is O=C(O)c1cccc(CN2CCC3(CC2)OCCO3)c1. The summed E-state index contributed by atoms with van der Waals surface area (Å²) in [5.41, 5.74) is 1.38. The number of carboxylic acids is 1. The van der Waals surface area contributed by atoms with Gasteiger partial charge in [-0.3, -0.25) is 4.90 Å². The van der Waals surface area contributed by atoms with E-state index in [0.717, 1.165) is 38.0 Å². The van der Waals surface area contributed by atoms with Crippen molar-refractivity contribution in [2.45, 2.75) is 25.2 Å². The van der Waals surface area contributed by atoms with Crippen LogP contribution in [-0.2, 0) is 16.0 Å². The summed E-state index contributed by atoms with van der Waals surface area (Å²) in [5, 5.41) is 9.01. The van der Waals surface area contributed by atoms with E-state index in [9.17, 15) is 4.79 Å². The van der Waals surface area contributed by atoms with E-state index in [-0.39, 0.29) is 5.79 Å². The molecule has 1 aromatic rings. The van der Waals surface area contributed by atoms with Crippen molar-refractivity contribution in [3.05, 3.63) is 35.4 Å². The van der Waals surface area contributed by atoms with Crippen molar-refractivity contribution in [3.63, 3.8) is 0 Å². The van der Waals surface area contributed by atoms with E-state index < -0.39 is 5.97 Å². The fraction of sp³-hybridized carbons (Fsp3) is 0.533. The molecule has 2 aliphatic heterocycles. The highest BCUT2D eigenvalue weighted by molar-refractivity contribution is 5.87. The van der Waals surface area contributed by atoms with Crippen LogP contribution in [0.5, 0.6) is 0 Å². The molecule has 0 atom stereocenters. The number of hydrogen-bond acceptors (Lipinski definition) is 4. The second-order valence-corrected chi connectivity index (χ2v) is 5.39. The zero-order valence-electron chi connectivity index (χ0n) is 11.4. The molecular weight excluding hydrogens is 258 g/mol. The van der Waals surface area contributed by atoms with Crippen molar-refractivity contribution in [1.82, 2.24) is 4.90 Å². The van der Waals surface area contributed by atoms with Crippen LogP contribution in [0.3, 0.4) is 0 Å². The molecule has 108 valence electrons. The minimum absolute atomic E-state index is 0.346. The first-order chi connectivity index (χ1) is 9.67. The van der Waals surface area contributed by atoms with E-state index in [2.05, 4.69) is 4.90 Å². The topological polar surface area (TPSA) is 59.0 Å². The van der Waals surface area contributed by atoms with Gasteiger partial charge in [0, 0.05) is 32.5 Å². The van der Waals surface area contributed by atoms with Gasteiger partial charge in [0.05, 0.1) is 18.8 Å². The molecule has 20 heavy (non-hydrogen) atoms. The molecule has 0 aliphatic carbocycles. The lowest BCUT2D eigenvalue weighted by Crippen LogP contribution is -2.44. The van der Waals surface area contributed by atoms with Gasteiger partial charge in [0.15, 0.2) is 5.79 Å². The summed E-state index contributed by atoms with van der Waals surface area (Å²) in [6, 6.07) is 7.14. The minimum atomic E-state index is -0.878. The lowest BCUT2D eigenvalue weighted by molar-refractivity contribution is -0.185. The maximum Gasteiger partial charge on any atom is 0.335 e. The number of likely N-dealkylation sites (tertiary alicyclic amines) is 1. The van der Waals surface area contributed by atoms with Crippen LogP contribution in [0.25, 0.3) is 0 Å². The average molecular weight is 277 g/mol. The molecule has 0 radical (unpaired) electrons. The van der Waals surface area contributed by atoms with Gasteiger partial charge in [-0.2, -0.15) is 0 Å². The number of benzene rings is 1. The molecular formula is C15H19NO4. The molecule has 0 saturated carbocycles. The summed E-state index contributed by atoms with van der Waals surface area (Å²) in [6.07, 6.45) is 1.76. The van der Waals surface area contributed by atoms with Crippen LogP contribution in [0.4, 0.5) is 0 Å². The molecule has 2 heterocycles. The zero-order chi connectivity index (χ0) is 14.0. The van der Waals surface area contributed by atoms with Gasteiger partial charge in [-0.15, -0.1) is 0 Å². The highest BCUT2D eigenvalue weighted by Gasteiger charge is 2.39. The minimum Gasteiger partial charge on any atom is -0.478 e. The molecule has 1 aromatic carbocycles. The smallest absolute Gasteiger partial charge is 0.335 e. The molecule has 0 amide bonds. The van der Waals surface area contributed by atoms with Gasteiger partial charge >= 0.3 is 5.97 Å². The quantitative estimate of drug-likeness (QED) is 0.911. The second-order valence-electron chi connectivity index (χ2n) is 5.39. The Balaban J connectivity index is 1.59. The Labute approximate surface area is 118 Å². The fourth-order valence-electron chi connectivity index (χ4n) is 2.90. The van der Waals surface area contributed by atoms with Crippen molar-refractivity contribution in [2.24, 2.45) is 0 Å². The Hall–Kier alpha value is -1.43. The van der Waals surface area contributed by atoms with Crippen molar-refractivity contribution in [3.8, 4) is 0 Å². The molecule has 5 nitrogen and oxygen atoms in total. The predicted octanol–water partition coefficient (Wildman–Crippen LogP) is 1.72. The molecule has 2 saturated heterocycles. The first-order valence-electron chi connectivity index (χ1n) is 6.99. The molecule has 1 N–H and O–H groups in total. The second kappa shape index (κ2) is 5.52. The highest BCUT2D eigenvalue weighted by Crippen LogP contribution is 2.31. The van der Waals surface area contributed by atoms with Crippen molar-refractivity contribution >= 4 is 5.97 Å². The molecule has 5 heteroatoms. The number of carbonyl (C=O) groups is 1. The van der Waals surface area contributed by atoms with Crippen LogP contribution < -0.4 is 0 Å². The van der Waals surface area contributed by atoms with Crippen LogP contribution in [0, 0.1) is 0 Å². The highest BCUT2D eigenvalue weighted by atomic mass is 16.7. The number of ether oxygens (including phenoxy) is 2. The van der Waals surface area contributed by atoms with Gasteiger partial charge in [-0.1, -0.05) is 12.1 Å². The largest absolute Gasteiger partial charge is 0.478 e.